The van der Waals surface area contributed by atoms with E-state index in [2.05, 4.69) is 20.1 Å². The van der Waals surface area contributed by atoms with Gasteiger partial charge in [-0.05, 0) is 55.5 Å². The number of hydrogen-bond donors (Lipinski definition) is 0. The SMILES string of the molecule is Cc1nc2ccccc2c(=O)n1-c1ccc(C(=O)OCc2nc(-c3cccnc3)no2)cc1. The van der Waals surface area contributed by atoms with Gasteiger partial charge in [-0.1, -0.05) is 17.3 Å². The average molecular weight is 439 g/mol. The molecular formula is C24H17N5O4. The second-order valence-corrected chi connectivity index (χ2v) is 7.19. The first kappa shape index (κ1) is 20.3. The number of carbonyl (C=O) groups is 1. The molecule has 9 heteroatoms. The fraction of sp³-hybridized carbons (Fsp3) is 0.0833. The number of aromatic nitrogens is 5. The molecule has 0 aliphatic carbocycles. The predicted molar refractivity (Wildman–Crippen MR) is 119 cm³/mol. The van der Waals surface area contributed by atoms with Gasteiger partial charge in [-0.3, -0.25) is 14.3 Å². The van der Waals surface area contributed by atoms with Crippen LogP contribution < -0.4 is 5.56 Å². The third kappa shape index (κ3) is 3.99. The van der Waals surface area contributed by atoms with Gasteiger partial charge >= 0.3 is 5.97 Å². The number of para-hydroxylation sites is 1. The third-order valence-corrected chi connectivity index (χ3v) is 5.02. The molecule has 0 saturated heterocycles. The van der Waals surface area contributed by atoms with Gasteiger partial charge in [0.05, 0.1) is 22.2 Å². The Kier molecular flexibility index (Phi) is 5.19. The first-order chi connectivity index (χ1) is 16.1. The number of carbonyl (C=O) groups excluding carboxylic acids is 1. The zero-order valence-electron chi connectivity index (χ0n) is 17.5. The minimum Gasteiger partial charge on any atom is -0.452 e. The van der Waals surface area contributed by atoms with E-state index in [1.54, 1.807) is 73.9 Å². The molecule has 0 spiro atoms. The van der Waals surface area contributed by atoms with Gasteiger partial charge in [0, 0.05) is 18.0 Å². The van der Waals surface area contributed by atoms with E-state index in [9.17, 15) is 9.59 Å². The number of benzene rings is 2. The highest BCUT2D eigenvalue weighted by molar-refractivity contribution is 5.89. The molecule has 33 heavy (non-hydrogen) atoms. The van der Waals surface area contributed by atoms with Crippen molar-refractivity contribution < 1.29 is 14.1 Å². The molecule has 0 radical (unpaired) electrons. The fourth-order valence-corrected chi connectivity index (χ4v) is 3.43. The molecule has 0 amide bonds. The van der Waals surface area contributed by atoms with E-state index < -0.39 is 5.97 Å². The number of hydrogen-bond acceptors (Lipinski definition) is 8. The standard InChI is InChI=1S/C24H17N5O4/c1-15-26-20-7-3-2-6-19(20)23(30)29(15)18-10-8-16(9-11-18)24(31)32-14-21-27-22(28-33-21)17-5-4-12-25-13-17/h2-13H,14H2,1H3. The van der Waals surface area contributed by atoms with Crippen LogP contribution in [-0.4, -0.2) is 30.6 Å². The lowest BCUT2D eigenvalue weighted by Gasteiger charge is -2.11. The molecule has 5 rings (SSSR count). The second kappa shape index (κ2) is 8.46. The lowest BCUT2D eigenvalue weighted by Crippen LogP contribution is -2.22. The van der Waals surface area contributed by atoms with Gasteiger partial charge in [-0.25, -0.2) is 9.78 Å². The van der Waals surface area contributed by atoms with Gasteiger partial charge in [0.1, 0.15) is 5.82 Å². The first-order valence-electron chi connectivity index (χ1n) is 10.1. The van der Waals surface area contributed by atoms with Crippen molar-refractivity contribution in [3.05, 3.63) is 101 Å². The Morgan fingerprint density at radius 2 is 1.85 bits per heavy atom. The summed E-state index contributed by atoms with van der Waals surface area (Å²) in [6.07, 6.45) is 3.26. The second-order valence-electron chi connectivity index (χ2n) is 7.19. The van der Waals surface area contributed by atoms with Crippen molar-refractivity contribution in [2.75, 3.05) is 0 Å². The smallest absolute Gasteiger partial charge is 0.338 e. The summed E-state index contributed by atoms with van der Waals surface area (Å²) in [6.45, 7) is 1.60. The molecule has 0 aliphatic heterocycles. The maximum absolute atomic E-state index is 12.9. The maximum Gasteiger partial charge on any atom is 0.338 e. The third-order valence-electron chi connectivity index (χ3n) is 5.02. The van der Waals surface area contributed by atoms with Gasteiger partial charge in [-0.2, -0.15) is 4.98 Å². The molecule has 0 saturated carbocycles. The Balaban J connectivity index is 1.31. The molecule has 162 valence electrons. The highest BCUT2D eigenvalue weighted by Gasteiger charge is 2.14. The molecule has 0 bridgehead atoms. The zero-order valence-corrected chi connectivity index (χ0v) is 17.5. The van der Waals surface area contributed by atoms with Gasteiger partial charge in [0.15, 0.2) is 6.61 Å². The van der Waals surface area contributed by atoms with Crippen LogP contribution >= 0.6 is 0 Å². The molecule has 0 aliphatic rings. The van der Waals surface area contributed by atoms with Crippen LogP contribution in [0.25, 0.3) is 28.0 Å². The zero-order chi connectivity index (χ0) is 22.8. The Bertz CT molecular complexity index is 1510. The number of aryl methyl sites for hydroxylation is 1. The summed E-state index contributed by atoms with van der Waals surface area (Å²) in [5, 5.41) is 4.39. The van der Waals surface area contributed by atoms with Crippen molar-refractivity contribution in [1.29, 1.82) is 0 Å². The Morgan fingerprint density at radius 3 is 2.64 bits per heavy atom. The van der Waals surface area contributed by atoms with E-state index in [0.29, 0.717) is 39.4 Å². The summed E-state index contributed by atoms with van der Waals surface area (Å²) in [4.78, 5) is 38.1. The molecule has 2 aromatic carbocycles. The van der Waals surface area contributed by atoms with Crippen molar-refractivity contribution >= 4 is 16.9 Å². The number of esters is 1. The summed E-state index contributed by atoms with van der Waals surface area (Å²) in [7, 11) is 0. The number of ether oxygens (including phenoxy) is 1. The van der Waals surface area contributed by atoms with Gasteiger partial charge in [-0.15, -0.1) is 0 Å². The molecule has 5 aromatic rings. The molecule has 9 nitrogen and oxygen atoms in total. The van der Waals surface area contributed by atoms with E-state index in [1.165, 1.54) is 4.57 Å². The Labute approximate surface area is 187 Å². The van der Waals surface area contributed by atoms with Crippen LogP contribution in [0.5, 0.6) is 0 Å². The van der Waals surface area contributed by atoms with Crippen LogP contribution in [0.4, 0.5) is 0 Å². The molecule has 0 N–H and O–H groups in total. The molecule has 0 atom stereocenters. The van der Waals surface area contributed by atoms with Crippen molar-refractivity contribution in [2.45, 2.75) is 13.5 Å². The molecular weight excluding hydrogens is 422 g/mol. The van der Waals surface area contributed by atoms with Gasteiger partial charge in [0.2, 0.25) is 5.82 Å². The van der Waals surface area contributed by atoms with Crippen molar-refractivity contribution in [1.82, 2.24) is 24.7 Å². The van der Waals surface area contributed by atoms with E-state index in [4.69, 9.17) is 9.26 Å². The monoisotopic (exact) mass is 439 g/mol. The summed E-state index contributed by atoms with van der Waals surface area (Å²) in [6, 6.07) is 17.3. The van der Waals surface area contributed by atoms with E-state index in [1.807, 2.05) is 6.07 Å². The summed E-state index contributed by atoms with van der Waals surface area (Å²) < 4.78 is 11.9. The number of nitrogens with zero attached hydrogens (tertiary/aromatic N) is 5. The summed E-state index contributed by atoms with van der Waals surface area (Å²) >= 11 is 0. The number of pyridine rings is 1. The molecule has 3 aromatic heterocycles. The molecule has 3 heterocycles. The molecule has 0 unspecified atom stereocenters. The van der Waals surface area contributed by atoms with E-state index >= 15 is 0 Å². The lowest BCUT2D eigenvalue weighted by atomic mass is 10.2. The van der Waals surface area contributed by atoms with Gasteiger partial charge < -0.3 is 9.26 Å². The van der Waals surface area contributed by atoms with Crippen LogP contribution in [0, 0.1) is 6.92 Å². The quantitative estimate of drug-likeness (QED) is 0.383. The summed E-state index contributed by atoms with van der Waals surface area (Å²) in [5.74, 6) is 0.532. The topological polar surface area (TPSA) is 113 Å². The minimum atomic E-state index is -0.552. The Hall–Kier alpha value is -4.66. The van der Waals surface area contributed by atoms with Crippen molar-refractivity contribution in [3.63, 3.8) is 0 Å². The van der Waals surface area contributed by atoms with Gasteiger partial charge in [0.25, 0.3) is 11.4 Å². The average Bonchev–Trinajstić information content (AvgIpc) is 3.33. The largest absolute Gasteiger partial charge is 0.452 e. The lowest BCUT2D eigenvalue weighted by molar-refractivity contribution is 0.0430. The van der Waals surface area contributed by atoms with Crippen LogP contribution in [0.15, 0.2) is 82.4 Å². The predicted octanol–water partition coefficient (Wildman–Crippen LogP) is 3.50. The van der Waals surface area contributed by atoms with Crippen LogP contribution in [0.1, 0.15) is 22.1 Å². The number of rotatable bonds is 5. The normalized spacial score (nSPS) is 10.9. The molecule has 0 fully saturated rings. The maximum atomic E-state index is 12.9. The van der Waals surface area contributed by atoms with E-state index in [0.717, 1.165) is 0 Å². The van der Waals surface area contributed by atoms with Crippen molar-refractivity contribution in [3.8, 4) is 17.1 Å². The Morgan fingerprint density at radius 1 is 1.03 bits per heavy atom. The van der Waals surface area contributed by atoms with E-state index in [-0.39, 0.29) is 18.1 Å². The number of fused-ring (bicyclic) bond motifs is 1. The first-order valence-corrected chi connectivity index (χ1v) is 10.1. The van der Waals surface area contributed by atoms with Crippen LogP contribution in [0.3, 0.4) is 0 Å². The van der Waals surface area contributed by atoms with Crippen LogP contribution in [0.2, 0.25) is 0 Å². The van der Waals surface area contributed by atoms with Crippen LogP contribution in [-0.2, 0) is 11.3 Å². The minimum absolute atomic E-state index is 0.166. The van der Waals surface area contributed by atoms with Crippen molar-refractivity contribution in [2.24, 2.45) is 0 Å². The highest BCUT2D eigenvalue weighted by Crippen LogP contribution is 2.16. The highest BCUT2D eigenvalue weighted by atomic mass is 16.6. The summed E-state index contributed by atoms with van der Waals surface area (Å²) in [5.41, 5.74) is 2.09. The fourth-order valence-electron chi connectivity index (χ4n) is 3.43.